The van der Waals surface area contributed by atoms with Crippen molar-refractivity contribution >= 4 is 22.5 Å². The smallest absolute Gasteiger partial charge is 0.243 e. The Balaban J connectivity index is 1.20. The number of hydrogen-bond acceptors (Lipinski definition) is 5. The first-order chi connectivity index (χ1) is 15.2. The van der Waals surface area contributed by atoms with Crippen LogP contribution in [0.25, 0.3) is 22.5 Å². The van der Waals surface area contributed by atoms with Gasteiger partial charge in [-0.3, -0.25) is 4.68 Å². The predicted octanol–water partition coefficient (Wildman–Crippen LogP) is 5.28. The molecule has 0 saturated carbocycles. The molecule has 0 aliphatic rings. The van der Waals surface area contributed by atoms with E-state index in [4.69, 9.17) is 20.8 Å². The molecule has 0 fully saturated rings. The lowest BCUT2D eigenvalue weighted by Gasteiger charge is -2.07. The molecule has 1 N–H and O–H groups in total. The second-order valence-corrected chi connectivity index (χ2v) is 7.70. The number of nitrogens with one attached hydrogen (secondary N) is 1. The summed E-state index contributed by atoms with van der Waals surface area (Å²) in [6, 6.07) is 15.8. The molecule has 0 aliphatic carbocycles. The SMILES string of the molecule is Clc1ccc2cc(-c3nc(COc4cccc(CCCn5ccnn5)c4)co3)[nH]c2c1. The standard InChI is InChI=1S/C23H20ClN5O2/c24-18-7-6-17-12-22(27-21(17)13-18)23-26-19(15-31-23)14-30-20-5-1-3-16(11-20)4-2-9-29-10-8-25-28-29/h1,3,5-8,10-13,15,27H,2,4,9,14H2. The lowest BCUT2D eigenvalue weighted by Crippen LogP contribution is -2.01. The zero-order chi connectivity index (χ0) is 21.0. The highest BCUT2D eigenvalue weighted by Gasteiger charge is 2.11. The van der Waals surface area contributed by atoms with Gasteiger partial charge in [-0.15, -0.1) is 5.10 Å². The molecule has 0 amide bonds. The van der Waals surface area contributed by atoms with Gasteiger partial charge < -0.3 is 14.1 Å². The number of nitrogens with zero attached hydrogens (tertiary/aromatic N) is 4. The maximum absolute atomic E-state index is 6.06. The van der Waals surface area contributed by atoms with Crippen LogP contribution in [-0.4, -0.2) is 25.0 Å². The molecule has 3 aromatic heterocycles. The van der Waals surface area contributed by atoms with Crippen molar-refractivity contribution in [2.45, 2.75) is 26.0 Å². The number of aromatic amines is 1. The van der Waals surface area contributed by atoms with Crippen molar-refractivity contribution < 1.29 is 9.15 Å². The largest absolute Gasteiger partial charge is 0.487 e. The molecular formula is C23H20ClN5O2. The first-order valence-corrected chi connectivity index (χ1v) is 10.4. The number of oxazole rings is 1. The van der Waals surface area contributed by atoms with Crippen LogP contribution in [0.4, 0.5) is 0 Å². The van der Waals surface area contributed by atoms with Crippen LogP contribution in [0.2, 0.25) is 5.02 Å². The van der Waals surface area contributed by atoms with Gasteiger partial charge in [-0.2, -0.15) is 0 Å². The molecule has 2 aromatic carbocycles. The van der Waals surface area contributed by atoms with E-state index in [0.717, 1.165) is 47.4 Å². The van der Waals surface area contributed by atoms with Crippen LogP contribution in [0, 0.1) is 0 Å². The Bertz CT molecular complexity index is 1290. The van der Waals surface area contributed by atoms with Gasteiger partial charge in [-0.25, -0.2) is 4.98 Å². The number of rotatable bonds is 8. The Morgan fingerprint density at radius 2 is 2.10 bits per heavy atom. The van der Waals surface area contributed by atoms with E-state index < -0.39 is 0 Å². The fourth-order valence-electron chi connectivity index (χ4n) is 3.46. The Morgan fingerprint density at radius 3 is 3.00 bits per heavy atom. The molecule has 5 aromatic rings. The number of fused-ring (bicyclic) bond motifs is 1. The minimum atomic E-state index is 0.331. The molecule has 0 radical (unpaired) electrons. The summed E-state index contributed by atoms with van der Waals surface area (Å²) >= 11 is 6.06. The Labute approximate surface area is 183 Å². The molecule has 0 spiro atoms. The van der Waals surface area contributed by atoms with Crippen LogP contribution in [0.5, 0.6) is 5.75 Å². The van der Waals surface area contributed by atoms with Crippen LogP contribution < -0.4 is 4.74 Å². The van der Waals surface area contributed by atoms with Gasteiger partial charge in [-0.1, -0.05) is 35.0 Å². The molecule has 31 heavy (non-hydrogen) atoms. The average Bonchev–Trinajstić information content (AvgIpc) is 3.53. The van der Waals surface area contributed by atoms with E-state index in [2.05, 4.69) is 32.4 Å². The van der Waals surface area contributed by atoms with Crippen LogP contribution in [-0.2, 0) is 19.6 Å². The summed E-state index contributed by atoms with van der Waals surface area (Å²) in [6.07, 6.45) is 7.11. The van der Waals surface area contributed by atoms with E-state index in [-0.39, 0.29) is 0 Å². The molecule has 0 atom stereocenters. The highest BCUT2D eigenvalue weighted by atomic mass is 35.5. The van der Waals surface area contributed by atoms with Gasteiger partial charge in [0.2, 0.25) is 5.89 Å². The molecule has 156 valence electrons. The lowest BCUT2D eigenvalue weighted by molar-refractivity contribution is 0.300. The average molecular weight is 434 g/mol. The molecule has 0 aliphatic heterocycles. The van der Waals surface area contributed by atoms with Crippen molar-refractivity contribution in [1.82, 2.24) is 25.0 Å². The van der Waals surface area contributed by atoms with Gasteiger partial charge in [0.05, 0.1) is 6.20 Å². The number of H-pyrrole nitrogens is 1. The molecule has 8 heteroatoms. The van der Waals surface area contributed by atoms with Crippen molar-refractivity contribution in [3.05, 3.63) is 83.5 Å². The third-order valence-electron chi connectivity index (χ3n) is 4.98. The molecular weight excluding hydrogens is 414 g/mol. The molecule has 0 bridgehead atoms. The van der Waals surface area contributed by atoms with E-state index in [1.165, 1.54) is 5.56 Å². The van der Waals surface area contributed by atoms with Crippen molar-refractivity contribution in [2.75, 3.05) is 0 Å². The summed E-state index contributed by atoms with van der Waals surface area (Å²) in [5.74, 6) is 1.33. The first kappa shape index (κ1) is 19.4. The highest BCUT2D eigenvalue weighted by molar-refractivity contribution is 6.31. The van der Waals surface area contributed by atoms with Gasteiger partial charge in [0.1, 0.15) is 30.0 Å². The monoisotopic (exact) mass is 433 g/mol. The fraction of sp³-hybridized carbons (Fsp3) is 0.174. The Kier molecular flexibility index (Phi) is 5.41. The van der Waals surface area contributed by atoms with Crippen molar-refractivity contribution in [1.29, 1.82) is 0 Å². The second-order valence-electron chi connectivity index (χ2n) is 7.26. The van der Waals surface area contributed by atoms with Crippen LogP contribution in [0.1, 0.15) is 17.7 Å². The zero-order valence-corrected chi connectivity index (χ0v) is 17.4. The Morgan fingerprint density at radius 1 is 1.13 bits per heavy atom. The van der Waals surface area contributed by atoms with E-state index in [1.54, 1.807) is 12.5 Å². The quantitative estimate of drug-likeness (QED) is 0.360. The number of ether oxygens (including phenoxy) is 1. The Hall–Kier alpha value is -3.58. The van der Waals surface area contributed by atoms with Crippen molar-refractivity contribution in [3.8, 4) is 17.3 Å². The third-order valence-corrected chi connectivity index (χ3v) is 5.21. The number of hydrogen-bond donors (Lipinski definition) is 1. The van der Waals surface area contributed by atoms with Crippen LogP contribution in [0.3, 0.4) is 0 Å². The summed E-state index contributed by atoms with van der Waals surface area (Å²) in [4.78, 5) is 7.83. The van der Waals surface area contributed by atoms with E-state index in [9.17, 15) is 0 Å². The van der Waals surface area contributed by atoms with E-state index >= 15 is 0 Å². The fourth-order valence-corrected chi connectivity index (χ4v) is 3.63. The maximum Gasteiger partial charge on any atom is 0.243 e. The summed E-state index contributed by atoms with van der Waals surface area (Å²) in [5.41, 5.74) is 3.69. The van der Waals surface area contributed by atoms with E-state index in [1.807, 2.05) is 47.3 Å². The number of aromatic nitrogens is 5. The lowest BCUT2D eigenvalue weighted by atomic mass is 10.1. The molecule has 3 heterocycles. The zero-order valence-electron chi connectivity index (χ0n) is 16.7. The minimum Gasteiger partial charge on any atom is -0.487 e. The highest BCUT2D eigenvalue weighted by Crippen LogP contribution is 2.26. The normalized spacial score (nSPS) is 11.3. The summed E-state index contributed by atoms with van der Waals surface area (Å²) in [5, 5.41) is 9.54. The summed E-state index contributed by atoms with van der Waals surface area (Å²) in [7, 11) is 0. The molecule has 5 rings (SSSR count). The second kappa shape index (κ2) is 8.65. The molecule has 7 nitrogen and oxygen atoms in total. The number of aryl methyl sites for hydroxylation is 2. The summed E-state index contributed by atoms with van der Waals surface area (Å²) in [6.45, 7) is 1.17. The van der Waals surface area contributed by atoms with Crippen LogP contribution >= 0.6 is 11.6 Å². The topological polar surface area (TPSA) is 81.8 Å². The number of halogens is 1. The van der Waals surface area contributed by atoms with Gasteiger partial charge >= 0.3 is 0 Å². The van der Waals surface area contributed by atoms with Gasteiger partial charge in [0.25, 0.3) is 0 Å². The van der Waals surface area contributed by atoms with Crippen molar-refractivity contribution in [2.24, 2.45) is 0 Å². The first-order valence-electron chi connectivity index (χ1n) is 10.0. The predicted molar refractivity (Wildman–Crippen MR) is 118 cm³/mol. The molecule has 0 saturated heterocycles. The van der Waals surface area contributed by atoms with Gasteiger partial charge in [0.15, 0.2) is 0 Å². The van der Waals surface area contributed by atoms with Crippen molar-refractivity contribution in [3.63, 3.8) is 0 Å². The third kappa shape index (κ3) is 4.62. The maximum atomic E-state index is 6.06. The number of benzene rings is 2. The van der Waals surface area contributed by atoms with E-state index in [0.29, 0.717) is 17.5 Å². The van der Waals surface area contributed by atoms with Crippen LogP contribution in [0.15, 0.2) is 71.6 Å². The van der Waals surface area contributed by atoms with Gasteiger partial charge in [-0.05, 0) is 48.7 Å². The minimum absolute atomic E-state index is 0.331. The molecule has 0 unspecified atom stereocenters. The summed E-state index contributed by atoms with van der Waals surface area (Å²) < 4.78 is 13.4. The van der Waals surface area contributed by atoms with Gasteiger partial charge in [0, 0.05) is 28.7 Å².